The lowest BCUT2D eigenvalue weighted by Gasteiger charge is -2.18. The predicted octanol–water partition coefficient (Wildman–Crippen LogP) is 3.53. The van der Waals surface area contributed by atoms with Gasteiger partial charge in [0.1, 0.15) is 18.2 Å². The lowest BCUT2D eigenvalue weighted by Crippen LogP contribution is -2.16. The maximum Gasteiger partial charge on any atom is 0.341 e. The Morgan fingerprint density at radius 3 is 2.85 bits per heavy atom. The number of carbonyl (C=O) groups is 2. The van der Waals surface area contributed by atoms with Crippen LogP contribution in [-0.4, -0.2) is 38.0 Å². The number of hydrogen-bond donors (Lipinski definition) is 1. The normalized spacial score (nSPS) is 14.6. The molecule has 27 heavy (non-hydrogen) atoms. The molecule has 8 heteroatoms. The van der Waals surface area contributed by atoms with Crippen molar-refractivity contribution in [1.29, 1.82) is 0 Å². The van der Waals surface area contributed by atoms with Crippen molar-refractivity contribution in [2.75, 3.05) is 31.4 Å². The Morgan fingerprint density at radius 1 is 1.22 bits per heavy atom. The minimum atomic E-state index is -0.385. The van der Waals surface area contributed by atoms with Crippen molar-refractivity contribution in [3.05, 3.63) is 34.2 Å². The van der Waals surface area contributed by atoms with Gasteiger partial charge in [-0.2, -0.15) is 0 Å². The van der Waals surface area contributed by atoms with Crippen molar-refractivity contribution in [2.45, 2.75) is 24.2 Å². The number of rotatable bonds is 5. The predicted molar refractivity (Wildman–Crippen MR) is 104 cm³/mol. The van der Waals surface area contributed by atoms with Crippen molar-refractivity contribution < 1.29 is 23.8 Å². The zero-order valence-corrected chi connectivity index (χ0v) is 16.5. The Hall–Kier alpha value is -2.19. The minimum absolute atomic E-state index is 0.153. The van der Waals surface area contributed by atoms with Crippen molar-refractivity contribution in [1.82, 2.24) is 0 Å². The number of carbonyl (C=O) groups excluding carboxylic acids is 2. The molecule has 6 nitrogen and oxygen atoms in total. The van der Waals surface area contributed by atoms with E-state index in [1.54, 1.807) is 0 Å². The zero-order valence-electron chi connectivity index (χ0n) is 14.8. The first-order valence-electron chi connectivity index (χ1n) is 8.71. The quantitative estimate of drug-likeness (QED) is 0.606. The van der Waals surface area contributed by atoms with Crippen molar-refractivity contribution in [3.63, 3.8) is 0 Å². The van der Waals surface area contributed by atoms with Crippen LogP contribution in [0, 0.1) is 0 Å². The van der Waals surface area contributed by atoms with E-state index < -0.39 is 0 Å². The summed E-state index contributed by atoms with van der Waals surface area (Å²) in [5.41, 5.74) is 1.55. The first-order valence-corrected chi connectivity index (χ1v) is 10.5. The van der Waals surface area contributed by atoms with Crippen molar-refractivity contribution >= 4 is 40.0 Å². The minimum Gasteiger partial charge on any atom is -0.486 e. The van der Waals surface area contributed by atoms with Crippen LogP contribution in [0.1, 0.15) is 27.2 Å². The molecule has 2 aromatic rings. The van der Waals surface area contributed by atoms with E-state index in [0.29, 0.717) is 29.5 Å². The standard InChI is InChI=1S/C19H19NO5S2/c1-23-19(22)17-12-3-2-4-15(12)27-18(17)20-16(21)10-26-11-5-6-13-14(9-11)25-8-7-24-13/h5-6,9H,2-4,7-8,10H2,1H3,(H,20,21). The summed E-state index contributed by atoms with van der Waals surface area (Å²) < 4.78 is 16.0. The van der Waals surface area contributed by atoms with Gasteiger partial charge in [-0.25, -0.2) is 4.79 Å². The molecule has 0 fully saturated rings. The summed E-state index contributed by atoms with van der Waals surface area (Å²) in [5, 5.41) is 3.49. The van der Waals surface area contributed by atoms with Gasteiger partial charge < -0.3 is 19.5 Å². The second kappa shape index (κ2) is 7.82. The van der Waals surface area contributed by atoms with Gasteiger partial charge >= 0.3 is 5.97 Å². The highest BCUT2D eigenvalue weighted by molar-refractivity contribution is 8.00. The van der Waals surface area contributed by atoms with E-state index in [4.69, 9.17) is 14.2 Å². The smallest absolute Gasteiger partial charge is 0.341 e. The molecule has 2 aliphatic rings. The van der Waals surface area contributed by atoms with Crippen LogP contribution in [-0.2, 0) is 22.4 Å². The fourth-order valence-electron chi connectivity index (χ4n) is 3.24. The Morgan fingerprint density at radius 2 is 2.04 bits per heavy atom. The molecule has 1 aliphatic heterocycles. The molecule has 0 bridgehead atoms. The maximum absolute atomic E-state index is 12.4. The lowest BCUT2D eigenvalue weighted by atomic mass is 10.1. The first kappa shape index (κ1) is 18.2. The number of aryl methyl sites for hydroxylation is 1. The van der Waals surface area contributed by atoms with Crippen LogP contribution >= 0.6 is 23.1 Å². The maximum atomic E-state index is 12.4. The number of methoxy groups -OCH3 is 1. The lowest BCUT2D eigenvalue weighted by molar-refractivity contribution is -0.113. The summed E-state index contributed by atoms with van der Waals surface area (Å²) in [6, 6.07) is 5.64. The Kier molecular flexibility index (Phi) is 5.27. The molecule has 0 saturated heterocycles. The largest absolute Gasteiger partial charge is 0.486 e. The summed E-state index contributed by atoms with van der Waals surface area (Å²) in [6.45, 7) is 1.08. The molecule has 1 amide bonds. The molecule has 0 unspecified atom stereocenters. The van der Waals surface area contributed by atoms with Gasteiger partial charge in [-0.3, -0.25) is 4.79 Å². The van der Waals surface area contributed by atoms with Crippen LogP contribution in [0.3, 0.4) is 0 Å². The number of amides is 1. The van der Waals surface area contributed by atoms with E-state index >= 15 is 0 Å². The van der Waals surface area contributed by atoms with E-state index in [-0.39, 0.29) is 17.6 Å². The van der Waals surface area contributed by atoms with E-state index in [1.165, 1.54) is 35.1 Å². The number of nitrogens with one attached hydrogen (secondary N) is 1. The molecule has 1 aliphatic carbocycles. The van der Waals surface area contributed by atoms with E-state index in [0.717, 1.165) is 35.5 Å². The van der Waals surface area contributed by atoms with Crippen LogP contribution in [0.5, 0.6) is 11.5 Å². The van der Waals surface area contributed by atoms with Crippen molar-refractivity contribution in [2.24, 2.45) is 0 Å². The van der Waals surface area contributed by atoms with Gasteiger partial charge in [0.05, 0.1) is 18.4 Å². The summed E-state index contributed by atoms with van der Waals surface area (Å²) in [4.78, 5) is 26.7. The molecule has 0 radical (unpaired) electrons. The van der Waals surface area contributed by atoms with Crippen LogP contribution in [0.4, 0.5) is 5.00 Å². The number of fused-ring (bicyclic) bond motifs is 2. The van der Waals surface area contributed by atoms with Crippen LogP contribution in [0.25, 0.3) is 0 Å². The molecule has 0 spiro atoms. The molecular weight excluding hydrogens is 386 g/mol. The number of benzene rings is 1. The van der Waals surface area contributed by atoms with Crippen LogP contribution < -0.4 is 14.8 Å². The summed E-state index contributed by atoms with van der Waals surface area (Å²) >= 11 is 2.89. The molecule has 2 heterocycles. The average molecular weight is 405 g/mol. The van der Waals surface area contributed by atoms with Gasteiger partial charge in [-0.1, -0.05) is 0 Å². The molecule has 1 aromatic carbocycles. The van der Waals surface area contributed by atoms with Crippen LogP contribution in [0.15, 0.2) is 23.1 Å². The highest BCUT2D eigenvalue weighted by Gasteiger charge is 2.28. The van der Waals surface area contributed by atoms with Gasteiger partial charge in [-0.15, -0.1) is 23.1 Å². The molecule has 0 atom stereocenters. The summed E-state index contributed by atoms with van der Waals surface area (Å²) in [5.74, 6) is 1.13. The molecule has 1 aromatic heterocycles. The van der Waals surface area contributed by atoms with E-state index in [2.05, 4.69) is 5.32 Å². The Balaban J connectivity index is 1.42. The van der Waals surface area contributed by atoms with Gasteiger partial charge in [-0.05, 0) is 43.0 Å². The van der Waals surface area contributed by atoms with E-state index in [1.807, 2.05) is 18.2 Å². The third-order valence-electron chi connectivity index (χ3n) is 4.45. The van der Waals surface area contributed by atoms with Crippen molar-refractivity contribution in [3.8, 4) is 11.5 Å². The van der Waals surface area contributed by atoms with Gasteiger partial charge in [0, 0.05) is 9.77 Å². The summed E-state index contributed by atoms with van der Waals surface area (Å²) in [6.07, 6.45) is 2.85. The average Bonchev–Trinajstić information content (AvgIpc) is 3.26. The third-order valence-corrected chi connectivity index (χ3v) is 6.65. The topological polar surface area (TPSA) is 73.9 Å². The number of thioether (sulfide) groups is 1. The Bertz CT molecular complexity index is 892. The third kappa shape index (κ3) is 3.77. The molecular formula is C19H19NO5S2. The van der Waals surface area contributed by atoms with Gasteiger partial charge in [0.25, 0.3) is 0 Å². The highest BCUT2D eigenvalue weighted by atomic mass is 32.2. The second-order valence-electron chi connectivity index (χ2n) is 6.20. The van der Waals surface area contributed by atoms with Crippen LogP contribution in [0.2, 0.25) is 0 Å². The number of esters is 1. The molecule has 1 N–H and O–H groups in total. The number of hydrogen-bond acceptors (Lipinski definition) is 7. The monoisotopic (exact) mass is 405 g/mol. The zero-order chi connectivity index (χ0) is 18.8. The SMILES string of the molecule is COC(=O)c1c(NC(=O)CSc2ccc3c(c2)OCCO3)sc2c1CCC2. The van der Waals surface area contributed by atoms with Gasteiger partial charge in [0.2, 0.25) is 5.91 Å². The number of anilines is 1. The number of ether oxygens (including phenoxy) is 3. The summed E-state index contributed by atoms with van der Waals surface area (Å²) in [7, 11) is 1.37. The fraction of sp³-hybridized carbons (Fsp3) is 0.368. The second-order valence-corrected chi connectivity index (χ2v) is 8.35. The molecule has 0 saturated carbocycles. The Labute approximate surface area is 165 Å². The fourth-order valence-corrected chi connectivity index (χ4v) is 5.25. The van der Waals surface area contributed by atoms with Gasteiger partial charge in [0.15, 0.2) is 11.5 Å². The molecule has 4 rings (SSSR count). The molecule has 142 valence electrons. The van der Waals surface area contributed by atoms with E-state index in [9.17, 15) is 9.59 Å². The first-order chi connectivity index (χ1) is 13.2. The number of thiophene rings is 1. The highest BCUT2D eigenvalue weighted by Crippen LogP contribution is 2.40.